The standard InChI is InChI=1S/C67H86N2O24/c1-28-43(89-48-23-44(57(73)30(3)85-48)90-47-22-42(70)56(72)29(2)84-47)21-36-18-35-19-40(63(82-8)65(79)69-41(66(80)83-9)20-37-27-68-54-38(16-13-17-39(37)54)34-14-11-10-12-15-34)62(61(77)53(35)60(76)52(36)55(28)71)93-50-25-45(58(74)32(5)87-50)91-49-24-46(59(75)31(4)86-49)92-51-26-67(7,81)64(78)33(6)88-51/h10-18,21,27,29-33,40-42,44-51,56-59,62-64,68,70-76,78,81H,19-20,22-26H2,1-9H3,(H,69,79)/t29-,30-,31-,32-,33-,40-,41+,42-,44-,45-,46-,47+,48+,49+,50+,51+,56-,57-,58-,59+,62+,63+,64-,67+/m1/s1. The number of hydrogen-bond acceptors (Lipinski definition) is 24. The first-order valence-electron chi connectivity index (χ1n) is 31.7. The lowest BCUT2D eigenvalue weighted by Crippen LogP contribution is -2.58. The lowest BCUT2D eigenvalue weighted by molar-refractivity contribution is -0.334. The molecule has 5 saturated heterocycles. The van der Waals surface area contributed by atoms with Crippen molar-refractivity contribution >= 4 is 39.3 Å². The second-order valence-corrected chi connectivity index (χ2v) is 25.8. The summed E-state index contributed by atoms with van der Waals surface area (Å²) >= 11 is 0. The lowest BCUT2D eigenvalue weighted by Gasteiger charge is -2.46. The Hall–Kier alpha value is -5.99. The number of ketones is 1. The molecule has 0 bridgehead atoms. The third-order valence-corrected chi connectivity index (χ3v) is 19.2. The Morgan fingerprint density at radius 2 is 1.27 bits per heavy atom. The number of amides is 1. The summed E-state index contributed by atoms with van der Waals surface area (Å²) in [5, 5.41) is 104. The normalized spacial score (nSPS) is 36.4. The number of H-pyrrole nitrogens is 1. The van der Waals surface area contributed by atoms with Crippen LogP contribution in [0.25, 0.3) is 32.8 Å². The minimum absolute atomic E-state index is 0.0400. The van der Waals surface area contributed by atoms with Crippen LogP contribution in [0.3, 0.4) is 0 Å². The highest BCUT2D eigenvalue weighted by Crippen LogP contribution is 2.48. The molecule has 5 fully saturated rings. The van der Waals surface area contributed by atoms with Crippen LogP contribution < -0.4 is 10.1 Å². The average molecular weight is 1300 g/mol. The van der Waals surface area contributed by atoms with Crippen LogP contribution in [0.5, 0.6) is 17.2 Å². The van der Waals surface area contributed by atoms with Crippen molar-refractivity contribution in [2.75, 3.05) is 14.2 Å². The van der Waals surface area contributed by atoms with Gasteiger partial charge in [0.15, 0.2) is 30.9 Å². The molecule has 26 heteroatoms. The van der Waals surface area contributed by atoms with Crippen molar-refractivity contribution in [2.24, 2.45) is 5.92 Å². The van der Waals surface area contributed by atoms with E-state index in [2.05, 4.69) is 10.3 Å². The van der Waals surface area contributed by atoms with Gasteiger partial charge in [0, 0.05) is 74.3 Å². The number of aliphatic hydroxyl groups is 7. The topological polar surface area (TPSA) is 372 Å². The lowest BCUT2D eigenvalue weighted by atomic mass is 9.76. The maximum atomic E-state index is 15.6. The molecule has 0 spiro atoms. The Labute approximate surface area is 536 Å². The van der Waals surface area contributed by atoms with Crippen LogP contribution in [0.2, 0.25) is 0 Å². The fraction of sp³-hybridized carbons (Fsp3) is 0.597. The van der Waals surface area contributed by atoms with Crippen LogP contribution in [-0.4, -0.2) is 224 Å². The summed E-state index contributed by atoms with van der Waals surface area (Å²) in [4.78, 5) is 47.8. The quantitative estimate of drug-likeness (QED) is 0.0559. The van der Waals surface area contributed by atoms with Crippen LogP contribution in [0, 0.1) is 12.8 Å². The number of aromatic hydroxyl groups is 2. The smallest absolute Gasteiger partial charge is 0.328 e. The van der Waals surface area contributed by atoms with E-state index >= 15 is 9.59 Å². The first-order valence-corrected chi connectivity index (χ1v) is 31.7. The zero-order chi connectivity index (χ0) is 66.6. The van der Waals surface area contributed by atoms with Gasteiger partial charge in [-0.3, -0.25) is 9.59 Å². The molecule has 1 aliphatic carbocycles. The van der Waals surface area contributed by atoms with Gasteiger partial charge in [-0.25, -0.2) is 4.79 Å². The van der Waals surface area contributed by atoms with Crippen molar-refractivity contribution in [2.45, 2.75) is 234 Å². The number of ether oxygens (including phenoxy) is 12. The second kappa shape index (κ2) is 28.0. The number of phenolic OH excluding ortho intramolecular Hbond substituents is 2. The minimum Gasteiger partial charge on any atom is -0.507 e. The number of phenols is 2. The molecule has 6 aliphatic rings. The van der Waals surface area contributed by atoms with E-state index < -0.39 is 176 Å². The van der Waals surface area contributed by atoms with Crippen LogP contribution >= 0.6 is 0 Å². The predicted octanol–water partition coefficient (Wildman–Crippen LogP) is 3.49. The molecule has 6 heterocycles. The summed E-state index contributed by atoms with van der Waals surface area (Å²) in [6, 6.07) is 17.3. The molecular formula is C67H86N2O24. The molecular weight excluding hydrogens is 1220 g/mol. The van der Waals surface area contributed by atoms with Crippen molar-refractivity contribution in [3.63, 3.8) is 0 Å². The zero-order valence-electron chi connectivity index (χ0n) is 53.2. The number of hydrogen-bond donors (Lipinski definition) is 11. The predicted molar refractivity (Wildman–Crippen MR) is 327 cm³/mol. The molecule has 5 aromatic rings. The van der Waals surface area contributed by atoms with Crippen LogP contribution in [0.1, 0.15) is 101 Å². The van der Waals surface area contributed by atoms with E-state index in [1.165, 1.54) is 34.1 Å². The van der Waals surface area contributed by atoms with E-state index in [0.717, 1.165) is 22.0 Å². The number of para-hydroxylation sites is 1. The first-order chi connectivity index (χ1) is 44.2. The summed E-state index contributed by atoms with van der Waals surface area (Å²) < 4.78 is 73.2. The summed E-state index contributed by atoms with van der Waals surface area (Å²) in [6.07, 6.45) is -22.2. The van der Waals surface area contributed by atoms with Crippen LogP contribution in [-0.2, 0) is 74.5 Å². The summed E-state index contributed by atoms with van der Waals surface area (Å²) in [7, 11) is 2.45. The van der Waals surface area contributed by atoms with E-state index in [4.69, 9.17) is 56.8 Å². The Morgan fingerprint density at radius 1 is 0.699 bits per heavy atom. The van der Waals surface area contributed by atoms with Crippen molar-refractivity contribution in [3.05, 3.63) is 89.1 Å². The van der Waals surface area contributed by atoms with E-state index in [1.54, 1.807) is 46.9 Å². The number of esters is 1. The second-order valence-electron chi connectivity index (χ2n) is 25.8. The van der Waals surface area contributed by atoms with E-state index in [0.29, 0.717) is 5.56 Å². The fourth-order valence-corrected chi connectivity index (χ4v) is 14.0. The Balaban J connectivity index is 0.887. The van der Waals surface area contributed by atoms with Gasteiger partial charge in [-0.2, -0.15) is 0 Å². The van der Waals surface area contributed by atoms with Crippen molar-refractivity contribution < 1.29 is 117 Å². The molecule has 508 valence electrons. The van der Waals surface area contributed by atoms with Gasteiger partial charge in [-0.1, -0.05) is 48.5 Å². The van der Waals surface area contributed by atoms with Gasteiger partial charge >= 0.3 is 5.97 Å². The highest BCUT2D eigenvalue weighted by atomic mass is 16.7. The number of carbonyl (C=O) groups is 3. The molecule has 93 heavy (non-hydrogen) atoms. The molecule has 11 N–H and O–H groups in total. The Bertz CT molecular complexity index is 3460. The number of aromatic nitrogens is 1. The van der Waals surface area contributed by atoms with Gasteiger partial charge in [-0.15, -0.1) is 0 Å². The van der Waals surface area contributed by atoms with Crippen LogP contribution in [0.4, 0.5) is 0 Å². The van der Waals surface area contributed by atoms with Gasteiger partial charge in [-0.05, 0) is 89.1 Å². The van der Waals surface area contributed by atoms with Gasteiger partial charge < -0.3 is 113 Å². The molecule has 1 amide bonds. The molecule has 1 aromatic heterocycles. The maximum Gasteiger partial charge on any atom is 0.328 e. The average Bonchev–Trinajstić information content (AvgIpc) is 1.24. The van der Waals surface area contributed by atoms with Gasteiger partial charge in [0.1, 0.15) is 66.0 Å². The zero-order valence-corrected chi connectivity index (χ0v) is 53.2. The van der Waals surface area contributed by atoms with Crippen molar-refractivity contribution in [3.8, 4) is 28.4 Å². The number of rotatable bonds is 18. The van der Waals surface area contributed by atoms with Crippen LogP contribution in [0.15, 0.2) is 66.9 Å². The third-order valence-electron chi connectivity index (χ3n) is 19.2. The van der Waals surface area contributed by atoms with Gasteiger partial charge in [0.05, 0.1) is 84.1 Å². The molecule has 0 radical (unpaired) electrons. The molecule has 26 nitrogen and oxygen atoms in total. The fourth-order valence-electron chi connectivity index (χ4n) is 14.0. The Kier molecular flexibility index (Phi) is 20.6. The number of Topliss-reactive ketones (excluding diaryl/α,β-unsaturated/α-hetero) is 1. The van der Waals surface area contributed by atoms with E-state index in [1.807, 2.05) is 48.5 Å². The van der Waals surface area contributed by atoms with E-state index in [-0.39, 0.29) is 78.2 Å². The number of benzene rings is 4. The summed E-state index contributed by atoms with van der Waals surface area (Å²) in [6.45, 7) is 11.0. The first kappa shape index (κ1) is 68.4. The summed E-state index contributed by atoms with van der Waals surface area (Å²) in [5.41, 5.74) is 1.88. The highest BCUT2D eigenvalue weighted by Gasteiger charge is 2.51. The molecule has 5 aliphatic heterocycles. The monoisotopic (exact) mass is 1300 g/mol. The molecule has 24 atom stereocenters. The number of aliphatic hydroxyl groups excluding tert-OH is 6. The Morgan fingerprint density at radius 3 is 1.87 bits per heavy atom. The molecule has 0 unspecified atom stereocenters. The molecule has 4 aromatic carbocycles. The van der Waals surface area contributed by atoms with Crippen molar-refractivity contribution in [1.29, 1.82) is 0 Å². The number of nitrogens with one attached hydrogen (secondary N) is 2. The molecule has 11 rings (SSSR count). The number of carbonyl (C=O) groups excluding carboxylic acids is 3. The largest absolute Gasteiger partial charge is 0.507 e. The van der Waals surface area contributed by atoms with E-state index in [9.17, 15) is 50.8 Å². The molecule has 0 saturated carbocycles. The number of methoxy groups -OCH3 is 2. The SMILES string of the molecule is COC(=O)[C@H](Cc1c[nH]c2c(-c3ccccc3)cccc12)NC(=O)[C@@H](OC)[C@@H]1Cc2cc3cc(O[C@H]4C[C@@H](O[C@H]5C[C@@H](O)[C@H](O)[C@@H](C)O5)[C@H](O)[C@@H](C)O4)c(C)c(O)c3c(O)c2C(=O)[C@H]1O[C@H]1C[C@@H](O[C@H]2C[C@@H](O[C@H]3C[C@](C)(O)[C@H](O)[C@@H](C)O3)[C@@H](O)[C@@H](C)O2)[C@H](O)[C@@H](C)O1. The van der Waals surface area contributed by atoms with Gasteiger partial charge in [0.2, 0.25) is 12.2 Å². The minimum atomic E-state index is -1.68. The van der Waals surface area contributed by atoms with Crippen molar-refractivity contribution in [1.82, 2.24) is 10.3 Å². The number of aromatic amines is 1. The van der Waals surface area contributed by atoms with Gasteiger partial charge in [0.25, 0.3) is 0 Å². The number of fused-ring (bicyclic) bond motifs is 3. The summed E-state index contributed by atoms with van der Waals surface area (Å²) in [5.74, 6) is -4.70. The third kappa shape index (κ3) is 14.0. The maximum absolute atomic E-state index is 15.6. The highest BCUT2D eigenvalue weighted by molar-refractivity contribution is 6.11.